The Bertz CT molecular complexity index is 985. The van der Waals surface area contributed by atoms with Gasteiger partial charge in [0.15, 0.2) is 0 Å². The van der Waals surface area contributed by atoms with Crippen molar-refractivity contribution in [3.63, 3.8) is 0 Å². The second-order valence-corrected chi connectivity index (χ2v) is 9.16. The highest BCUT2D eigenvalue weighted by molar-refractivity contribution is 7.89. The van der Waals surface area contributed by atoms with Gasteiger partial charge in [-0.1, -0.05) is 12.5 Å². The number of ether oxygens (including phenoxy) is 2. The maximum Gasteiger partial charge on any atom is 0.243 e. The van der Waals surface area contributed by atoms with Crippen LogP contribution in [0, 0.1) is 0 Å². The lowest BCUT2D eigenvalue weighted by Gasteiger charge is -2.26. The van der Waals surface area contributed by atoms with Crippen LogP contribution in [0.4, 0.5) is 5.69 Å². The number of anilines is 1. The van der Waals surface area contributed by atoms with E-state index in [9.17, 15) is 13.2 Å². The van der Waals surface area contributed by atoms with Crippen molar-refractivity contribution in [1.29, 1.82) is 0 Å². The molecule has 8 heteroatoms. The van der Waals surface area contributed by atoms with Crippen LogP contribution in [-0.2, 0) is 21.2 Å². The molecule has 2 aromatic rings. The van der Waals surface area contributed by atoms with Crippen LogP contribution in [-0.4, -0.2) is 45.9 Å². The van der Waals surface area contributed by atoms with E-state index in [0.717, 1.165) is 19.3 Å². The van der Waals surface area contributed by atoms with E-state index in [1.54, 1.807) is 49.6 Å². The van der Waals surface area contributed by atoms with E-state index in [0.29, 0.717) is 42.3 Å². The standard InChI is InChI=1S/C22H28N2O5S/c1-28-19-8-6-7-18(16-19)23-22(25)12-9-17-15-20(10-11-21(17)29-2)30(26,27)24-13-4-3-5-14-24/h6-8,10-11,15-16H,3-5,9,12-14H2,1-2H3,(H,23,25). The molecule has 1 N–H and O–H groups in total. The summed E-state index contributed by atoms with van der Waals surface area (Å²) in [5, 5.41) is 2.83. The maximum atomic E-state index is 13.0. The number of nitrogens with zero attached hydrogens (tertiary/aromatic N) is 1. The largest absolute Gasteiger partial charge is 0.497 e. The number of carbonyl (C=O) groups is 1. The molecule has 1 amide bonds. The number of sulfonamides is 1. The molecule has 1 heterocycles. The van der Waals surface area contributed by atoms with Crippen LogP contribution in [0.2, 0.25) is 0 Å². The lowest BCUT2D eigenvalue weighted by molar-refractivity contribution is -0.116. The number of rotatable bonds is 8. The quantitative estimate of drug-likeness (QED) is 0.691. The van der Waals surface area contributed by atoms with Gasteiger partial charge in [-0.3, -0.25) is 4.79 Å². The normalized spacial score (nSPS) is 14.9. The molecule has 0 saturated carbocycles. The van der Waals surface area contributed by atoms with E-state index in [2.05, 4.69) is 5.32 Å². The van der Waals surface area contributed by atoms with Crippen molar-refractivity contribution >= 4 is 21.6 Å². The van der Waals surface area contributed by atoms with Crippen molar-refractivity contribution < 1.29 is 22.7 Å². The molecule has 0 radical (unpaired) electrons. The predicted octanol–water partition coefficient (Wildman–Crippen LogP) is 3.45. The number of carbonyl (C=O) groups excluding carboxylic acids is 1. The van der Waals surface area contributed by atoms with E-state index in [1.807, 2.05) is 0 Å². The SMILES string of the molecule is COc1cccc(NC(=O)CCc2cc(S(=O)(=O)N3CCCCC3)ccc2OC)c1. The first-order valence-electron chi connectivity index (χ1n) is 10.0. The first-order valence-corrected chi connectivity index (χ1v) is 11.5. The molecule has 7 nitrogen and oxygen atoms in total. The first kappa shape index (κ1) is 22.1. The third-order valence-electron chi connectivity index (χ3n) is 5.18. The Morgan fingerprint density at radius 2 is 1.80 bits per heavy atom. The summed E-state index contributed by atoms with van der Waals surface area (Å²) >= 11 is 0. The zero-order chi connectivity index (χ0) is 21.6. The molecule has 0 bridgehead atoms. The van der Waals surface area contributed by atoms with Gasteiger partial charge in [-0.15, -0.1) is 0 Å². The van der Waals surface area contributed by atoms with E-state index in [-0.39, 0.29) is 17.2 Å². The summed E-state index contributed by atoms with van der Waals surface area (Å²) in [4.78, 5) is 12.6. The smallest absolute Gasteiger partial charge is 0.243 e. The van der Waals surface area contributed by atoms with Crippen molar-refractivity contribution in [2.24, 2.45) is 0 Å². The van der Waals surface area contributed by atoms with E-state index in [4.69, 9.17) is 9.47 Å². The molecule has 30 heavy (non-hydrogen) atoms. The highest BCUT2D eigenvalue weighted by Crippen LogP contribution is 2.27. The van der Waals surface area contributed by atoms with Gasteiger partial charge in [0, 0.05) is 31.3 Å². The topological polar surface area (TPSA) is 84.9 Å². The number of aryl methyl sites for hydroxylation is 1. The van der Waals surface area contributed by atoms with Crippen LogP contribution in [0.3, 0.4) is 0 Å². The van der Waals surface area contributed by atoms with Gasteiger partial charge in [-0.05, 0) is 55.2 Å². The van der Waals surface area contributed by atoms with Crippen LogP contribution in [0.1, 0.15) is 31.2 Å². The van der Waals surface area contributed by atoms with Crippen LogP contribution < -0.4 is 14.8 Å². The maximum absolute atomic E-state index is 13.0. The lowest BCUT2D eigenvalue weighted by atomic mass is 10.1. The van der Waals surface area contributed by atoms with Crippen LogP contribution in [0.15, 0.2) is 47.4 Å². The molecule has 0 spiro atoms. The molecule has 3 rings (SSSR count). The molecular formula is C22H28N2O5S. The molecule has 1 fully saturated rings. The Kier molecular flexibility index (Phi) is 7.33. The molecule has 2 aromatic carbocycles. The minimum atomic E-state index is -3.54. The second-order valence-electron chi connectivity index (χ2n) is 7.22. The zero-order valence-corrected chi connectivity index (χ0v) is 18.2. The van der Waals surface area contributed by atoms with Gasteiger partial charge in [-0.2, -0.15) is 4.31 Å². The average molecular weight is 433 g/mol. The van der Waals surface area contributed by atoms with Crippen molar-refractivity contribution in [1.82, 2.24) is 4.31 Å². The molecular weight excluding hydrogens is 404 g/mol. The Balaban J connectivity index is 1.71. The van der Waals surface area contributed by atoms with Gasteiger partial charge in [0.2, 0.25) is 15.9 Å². The molecule has 0 unspecified atom stereocenters. The van der Waals surface area contributed by atoms with Gasteiger partial charge in [0.25, 0.3) is 0 Å². The number of benzene rings is 2. The fourth-order valence-corrected chi connectivity index (χ4v) is 5.11. The minimum Gasteiger partial charge on any atom is -0.497 e. The van der Waals surface area contributed by atoms with Gasteiger partial charge >= 0.3 is 0 Å². The minimum absolute atomic E-state index is 0.172. The third kappa shape index (κ3) is 5.31. The molecule has 0 aromatic heterocycles. The molecule has 1 aliphatic rings. The summed E-state index contributed by atoms with van der Waals surface area (Å²) in [6, 6.07) is 12.0. The first-order chi connectivity index (χ1) is 14.4. The molecule has 162 valence electrons. The summed E-state index contributed by atoms with van der Waals surface area (Å²) in [5.74, 6) is 1.06. The average Bonchev–Trinajstić information content (AvgIpc) is 2.78. The molecule has 0 atom stereocenters. The van der Waals surface area contributed by atoms with E-state index < -0.39 is 10.0 Å². The summed E-state index contributed by atoms with van der Waals surface area (Å²) in [6.07, 6.45) is 3.38. The summed E-state index contributed by atoms with van der Waals surface area (Å²) in [5.41, 5.74) is 1.34. The van der Waals surface area contributed by atoms with Crippen LogP contribution >= 0.6 is 0 Å². The van der Waals surface area contributed by atoms with Gasteiger partial charge in [0.1, 0.15) is 11.5 Å². The Hall–Kier alpha value is -2.58. The summed E-state index contributed by atoms with van der Waals surface area (Å²) in [6.45, 7) is 1.10. The zero-order valence-electron chi connectivity index (χ0n) is 17.4. The molecule has 1 aliphatic heterocycles. The van der Waals surface area contributed by atoms with Gasteiger partial charge in [-0.25, -0.2) is 8.42 Å². The lowest BCUT2D eigenvalue weighted by Crippen LogP contribution is -2.35. The van der Waals surface area contributed by atoms with Crippen LogP contribution in [0.5, 0.6) is 11.5 Å². The monoisotopic (exact) mass is 432 g/mol. The third-order valence-corrected chi connectivity index (χ3v) is 7.07. The fraction of sp³-hybridized carbons (Fsp3) is 0.409. The number of hydrogen-bond acceptors (Lipinski definition) is 5. The van der Waals surface area contributed by atoms with Gasteiger partial charge in [0.05, 0.1) is 19.1 Å². The Morgan fingerprint density at radius 1 is 1.03 bits per heavy atom. The van der Waals surface area contributed by atoms with Crippen molar-refractivity contribution in [3.8, 4) is 11.5 Å². The number of hydrogen-bond donors (Lipinski definition) is 1. The predicted molar refractivity (Wildman–Crippen MR) is 116 cm³/mol. The van der Waals surface area contributed by atoms with E-state index >= 15 is 0 Å². The van der Waals surface area contributed by atoms with E-state index in [1.165, 1.54) is 11.4 Å². The fourth-order valence-electron chi connectivity index (χ4n) is 3.54. The highest BCUT2D eigenvalue weighted by Gasteiger charge is 2.26. The Labute approximate surface area is 178 Å². The number of piperidine rings is 1. The number of nitrogens with one attached hydrogen (secondary N) is 1. The summed E-state index contributed by atoms with van der Waals surface area (Å²) in [7, 11) is -0.438. The van der Waals surface area contributed by atoms with Crippen molar-refractivity contribution in [3.05, 3.63) is 48.0 Å². The summed E-state index contributed by atoms with van der Waals surface area (Å²) < 4.78 is 38.0. The van der Waals surface area contributed by atoms with Gasteiger partial charge < -0.3 is 14.8 Å². The Morgan fingerprint density at radius 3 is 2.50 bits per heavy atom. The number of methoxy groups -OCH3 is 2. The second kappa shape index (κ2) is 9.95. The van der Waals surface area contributed by atoms with Crippen LogP contribution in [0.25, 0.3) is 0 Å². The molecule has 1 saturated heterocycles. The van der Waals surface area contributed by atoms with Crippen molar-refractivity contribution in [2.45, 2.75) is 37.0 Å². The number of amides is 1. The van der Waals surface area contributed by atoms with Crippen molar-refractivity contribution in [2.75, 3.05) is 32.6 Å². The highest BCUT2D eigenvalue weighted by atomic mass is 32.2. The molecule has 0 aliphatic carbocycles.